The van der Waals surface area contributed by atoms with Crippen LogP contribution in [-0.2, 0) is 12.2 Å². The van der Waals surface area contributed by atoms with Gasteiger partial charge in [0.05, 0.1) is 13.4 Å². The first kappa shape index (κ1) is 18.5. The molecule has 0 aliphatic rings. The molecule has 2 heterocycles. The Morgan fingerprint density at radius 3 is 2.77 bits per heavy atom. The van der Waals surface area contributed by atoms with Crippen LogP contribution in [0.3, 0.4) is 0 Å². The second-order valence-corrected chi connectivity index (χ2v) is 7.18. The Morgan fingerprint density at radius 2 is 2.08 bits per heavy atom. The summed E-state index contributed by atoms with van der Waals surface area (Å²) in [6.45, 7) is 0.814. The summed E-state index contributed by atoms with van der Waals surface area (Å²) in [7, 11) is 1.66. The maximum atomic E-state index is 5.47. The molecule has 0 saturated heterocycles. The molecule has 0 aliphatic heterocycles. The lowest BCUT2D eigenvalue weighted by molar-refractivity contribution is 0.414. The Kier molecular flexibility index (Phi) is 6.68. The largest absolute Gasteiger partial charge is 0.497 e. The van der Waals surface area contributed by atoms with Crippen LogP contribution in [0.25, 0.3) is 0 Å². The normalized spacial score (nSPS) is 10.7. The van der Waals surface area contributed by atoms with Gasteiger partial charge in [-0.05, 0) is 17.7 Å². The zero-order valence-electron chi connectivity index (χ0n) is 14.5. The number of imidazole rings is 1. The molecule has 0 unspecified atom stereocenters. The third kappa shape index (κ3) is 5.34. The quantitative estimate of drug-likeness (QED) is 0.383. The van der Waals surface area contributed by atoms with Crippen LogP contribution in [0.5, 0.6) is 5.75 Å². The van der Waals surface area contributed by atoms with Gasteiger partial charge in [0.25, 0.3) is 0 Å². The minimum atomic E-state index is 0.704. The van der Waals surface area contributed by atoms with Gasteiger partial charge < -0.3 is 20.0 Å². The van der Waals surface area contributed by atoms with E-state index in [-0.39, 0.29) is 0 Å². The third-order valence-electron chi connectivity index (χ3n) is 3.78. The van der Waals surface area contributed by atoms with Crippen molar-refractivity contribution >= 4 is 29.9 Å². The number of benzene rings is 1. The predicted molar refractivity (Wildman–Crippen MR) is 108 cm³/mol. The second kappa shape index (κ2) is 9.40. The van der Waals surface area contributed by atoms with E-state index in [0.29, 0.717) is 10.6 Å². The summed E-state index contributed by atoms with van der Waals surface area (Å²) in [4.78, 5) is 14.7. The van der Waals surface area contributed by atoms with Crippen LogP contribution in [0.4, 0.5) is 5.95 Å². The summed E-state index contributed by atoms with van der Waals surface area (Å²) in [6, 6.07) is 7.98. The highest BCUT2D eigenvalue weighted by molar-refractivity contribution is 7.98. The molecule has 1 aromatic carbocycles. The van der Waals surface area contributed by atoms with Crippen LogP contribution in [-0.4, -0.2) is 39.3 Å². The van der Waals surface area contributed by atoms with Crippen LogP contribution in [0, 0.1) is 4.64 Å². The molecule has 6 nitrogen and oxygen atoms in total. The summed E-state index contributed by atoms with van der Waals surface area (Å²) in [5, 5.41) is 3.28. The number of hydrogen-bond acceptors (Lipinski definition) is 6. The molecule has 0 radical (unpaired) electrons. The molecule has 0 spiro atoms. The number of aromatic amines is 2. The fraction of sp³-hybridized carbons (Fsp3) is 0.278. The molecule has 8 heteroatoms. The van der Waals surface area contributed by atoms with E-state index < -0.39 is 0 Å². The minimum absolute atomic E-state index is 0.704. The molecule has 26 heavy (non-hydrogen) atoms. The Bertz CT molecular complexity index is 862. The molecule has 136 valence electrons. The topological polar surface area (TPSA) is 78.6 Å². The molecule has 0 atom stereocenters. The van der Waals surface area contributed by atoms with Gasteiger partial charge in [-0.3, -0.25) is 0 Å². The van der Waals surface area contributed by atoms with E-state index in [1.807, 2.05) is 48.4 Å². The van der Waals surface area contributed by atoms with Crippen molar-refractivity contribution in [2.45, 2.75) is 12.2 Å². The molecule has 2 aromatic heterocycles. The minimum Gasteiger partial charge on any atom is -0.497 e. The lowest BCUT2D eigenvalue weighted by Gasteiger charge is -2.08. The van der Waals surface area contributed by atoms with Gasteiger partial charge >= 0.3 is 0 Å². The van der Waals surface area contributed by atoms with Gasteiger partial charge in [0.2, 0.25) is 5.95 Å². The number of thioether (sulfide) groups is 1. The van der Waals surface area contributed by atoms with Crippen molar-refractivity contribution in [3.05, 3.63) is 64.4 Å². The van der Waals surface area contributed by atoms with Crippen LogP contribution in [0.2, 0.25) is 0 Å². The van der Waals surface area contributed by atoms with Crippen molar-refractivity contribution in [3.8, 4) is 5.75 Å². The monoisotopic (exact) mass is 387 g/mol. The number of anilines is 1. The summed E-state index contributed by atoms with van der Waals surface area (Å²) in [5.41, 5.74) is 3.31. The Balaban J connectivity index is 1.48. The molecule has 0 saturated carbocycles. The van der Waals surface area contributed by atoms with E-state index in [9.17, 15) is 0 Å². The molecular weight excluding hydrogens is 366 g/mol. The van der Waals surface area contributed by atoms with Crippen LogP contribution in [0.15, 0.2) is 43.0 Å². The summed E-state index contributed by atoms with van der Waals surface area (Å²) >= 11 is 7.30. The Morgan fingerprint density at radius 1 is 1.23 bits per heavy atom. The highest BCUT2D eigenvalue weighted by atomic mass is 32.2. The first-order valence-electron chi connectivity index (χ1n) is 8.24. The third-order valence-corrected chi connectivity index (χ3v) is 5.15. The van der Waals surface area contributed by atoms with Crippen LogP contribution in [0.1, 0.15) is 16.8 Å². The van der Waals surface area contributed by atoms with Gasteiger partial charge in [-0.25, -0.2) is 9.97 Å². The fourth-order valence-electron chi connectivity index (χ4n) is 2.39. The highest BCUT2D eigenvalue weighted by Crippen LogP contribution is 2.15. The summed E-state index contributed by atoms with van der Waals surface area (Å²) in [6.07, 6.45) is 6.13. The molecule has 3 aromatic rings. The maximum Gasteiger partial charge on any atom is 0.201 e. The van der Waals surface area contributed by atoms with E-state index >= 15 is 0 Å². The van der Waals surface area contributed by atoms with Gasteiger partial charge in [-0.2, -0.15) is 11.8 Å². The van der Waals surface area contributed by atoms with Crippen molar-refractivity contribution in [1.82, 2.24) is 19.9 Å². The van der Waals surface area contributed by atoms with Gasteiger partial charge in [0, 0.05) is 48.1 Å². The van der Waals surface area contributed by atoms with Gasteiger partial charge in [-0.15, -0.1) is 0 Å². The SMILES string of the molecule is COc1ccc(Cc2cnc(NCCSCc3cnc[nH]3)[nH]c2=S)cc1. The van der Waals surface area contributed by atoms with Crippen LogP contribution >= 0.6 is 24.0 Å². The molecule has 0 aliphatic carbocycles. The maximum absolute atomic E-state index is 5.47. The van der Waals surface area contributed by atoms with Crippen molar-refractivity contribution in [2.75, 3.05) is 24.7 Å². The van der Waals surface area contributed by atoms with Gasteiger partial charge in [0.15, 0.2) is 0 Å². The van der Waals surface area contributed by atoms with Crippen molar-refractivity contribution in [1.29, 1.82) is 0 Å². The molecule has 3 N–H and O–H groups in total. The van der Waals surface area contributed by atoms with E-state index in [0.717, 1.165) is 41.5 Å². The number of H-pyrrole nitrogens is 2. The van der Waals surface area contributed by atoms with Crippen molar-refractivity contribution in [2.24, 2.45) is 0 Å². The van der Waals surface area contributed by atoms with E-state index in [2.05, 4.69) is 25.3 Å². The second-order valence-electron chi connectivity index (χ2n) is 5.67. The number of methoxy groups -OCH3 is 1. The number of nitrogens with one attached hydrogen (secondary N) is 3. The van der Waals surface area contributed by atoms with E-state index in [4.69, 9.17) is 17.0 Å². The Labute approximate surface area is 161 Å². The average molecular weight is 388 g/mol. The van der Waals surface area contributed by atoms with E-state index in [1.165, 1.54) is 5.56 Å². The zero-order valence-corrected chi connectivity index (χ0v) is 16.1. The van der Waals surface area contributed by atoms with Crippen molar-refractivity contribution < 1.29 is 4.74 Å². The fourth-order valence-corrected chi connectivity index (χ4v) is 3.38. The zero-order chi connectivity index (χ0) is 18.2. The number of rotatable bonds is 9. The molecule has 0 amide bonds. The molecular formula is C18H21N5OS2. The molecule has 3 rings (SSSR count). The first-order chi connectivity index (χ1) is 12.7. The van der Waals surface area contributed by atoms with Crippen LogP contribution < -0.4 is 10.1 Å². The number of ether oxygens (including phenoxy) is 1. The standard InChI is InChI=1S/C18H21N5OS2/c1-24-16-4-2-13(3-5-16)8-14-9-21-18(23-17(14)25)20-6-7-26-11-15-10-19-12-22-15/h2-5,9-10,12H,6-8,11H2,1H3,(H,19,22)(H2,20,21,23,25). The lowest BCUT2D eigenvalue weighted by Crippen LogP contribution is -2.08. The average Bonchev–Trinajstić information content (AvgIpc) is 3.18. The number of nitrogens with zero attached hydrogens (tertiary/aromatic N) is 2. The van der Waals surface area contributed by atoms with E-state index in [1.54, 1.807) is 13.4 Å². The molecule has 0 bridgehead atoms. The van der Waals surface area contributed by atoms with Gasteiger partial charge in [0.1, 0.15) is 10.4 Å². The predicted octanol–water partition coefficient (Wildman–Crippen LogP) is 3.81. The number of aromatic nitrogens is 4. The summed E-state index contributed by atoms with van der Waals surface area (Å²) < 4.78 is 5.89. The first-order valence-corrected chi connectivity index (χ1v) is 9.81. The lowest BCUT2D eigenvalue weighted by atomic mass is 10.1. The van der Waals surface area contributed by atoms with Crippen molar-refractivity contribution in [3.63, 3.8) is 0 Å². The summed E-state index contributed by atoms with van der Waals surface area (Å²) in [5.74, 6) is 3.44. The smallest absolute Gasteiger partial charge is 0.201 e. The highest BCUT2D eigenvalue weighted by Gasteiger charge is 2.03. The van der Waals surface area contributed by atoms with Gasteiger partial charge in [-0.1, -0.05) is 24.4 Å². The Hall–Kier alpha value is -2.32. The number of hydrogen-bond donors (Lipinski definition) is 3. The molecule has 0 fully saturated rings.